The fourth-order valence-electron chi connectivity index (χ4n) is 2.27. The van der Waals surface area contributed by atoms with Crippen LogP contribution in [0.5, 0.6) is 0 Å². The van der Waals surface area contributed by atoms with Crippen molar-refractivity contribution >= 4 is 10.0 Å². The van der Waals surface area contributed by atoms with Crippen LogP contribution in [0.3, 0.4) is 0 Å². The van der Waals surface area contributed by atoms with E-state index in [1.54, 1.807) is 11.2 Å². The lowest BCUT2D eigenvalue weighted by atomic mass is 10.1. The second kappa shape index (κ2) is 5.01. The molecule has 18 heavy (non-hydrogen) atoms. The molecule has 0 saturated carbocycles. The summed E-state index contributed by atoms with van der Waals surface area (Å²) in [6.45, 7) is 6.32. The summed E-state index contributed by atoms with van der Waals surface area (Å²) in [7, 11) is -3.15. The van der Waals surface area contributed by atoms with Crippen molar-refractivity contribution in [3.63, 3.8) is 0 Å². The molecule has 1 fully saturated rings. The molecule has 5 nitrogen and oxygen atoms in total. The van der Waals surface area contributed by atoms with Crippen LogP contribution in [0.2, 0.25) is 0 Å². The summed E-state index contributed by atoms with van der Waals surface area (Å²) in [4.78, 5) is 0. The molecule has 102 valence electrons. The first-order chi connectivity index (χ1) is 8.45. The third-order valence-corrected chi connectivity index (χ3v) is 5.26. The topological polar surface area (TPSA) is 63.4 Å². The highest BCUT2D eigenvalue weighted by atomic mass is 32.2. The van der Waals surface area contributed by atoms with Crippen molar-refractivity contribution in [3.8, 4) is 0 Å². The zero-order valence-corrected chi connectivity index (χ0v) is 11.9. The van der Waals surface area contributed by atoms with Crippen molar-refractivity contribution in [3.05, 3.63) is 17.5 Å². The summed E-state index contributed by atoms with van der Waals surface area (Å²) in [6, 6.07) is 1.74. The molecule has 2 rings (SSSR count). The summed E-state index contributed by atoms with van der Waals surface area (Å²) >= 11 is 0. The number of hydrogen-bond donors (Lipinski definition) is 0. The van der Waals surface area contributed by atoms with Gasteiger partial charge in [0, 0.05) is 18.5 Å². The highest BCUT2D eigenvalue weighted by molar-refractivity contribution is 7.89. The van der Waals surface area contributed by atoms with Gasteiger partial charge in [0.15, 0.2) is 0 Å². The SMILES string of the molecule is CCS(=O)(=O)N1CCC[C@@H]1c1cc(C(C)C)on1. The molecule has 1 saturated heterocycles. The van der Waals surface area contributed by atoms with E-state index in [9.17, 15) is 8.42 Å². The molecule has 0 unspecified atom stereocenters. The molecular formula is C12H20N2O3S. The second-order valence-corrected chi connectivity index (χ2v) is 7.19. The predicted octanol–water partition coefficient (Wildman–Crippen LogP) is 2.28. The van der Waals surface area contributed by atoms with Gasteiger partial charge in [-0.25, -0.2) is 8.42 Å². The van der Waals surface area contributed by atoms with E-state index in [4.69, 9.17) is 4.52 Å². The largest absolute Gasteiger partial charge is 0.361 e. The van der Waals surface area contributed by atoms with Crippen LogP contribution in [0.15, 0.2) is 10.6 Å². The minimum absolute atomic E-state index is 0.137. The molecule has 1 aliphatic rings. The van der Waals surface area contributed by atoms with Gasteiger partial charge in [-0.15, -0.1) is 0 Å². The van der Waals surface area contributed by atoms with Gasteiger partial charge in [0.25, 0.3) is 0 Å². The number of sulfonamides is 1. The van der Waals surface area contributed by atoms with E-state index in [1.165, 1.54) is 0 Å². The van der Waals surface area contributed by atoms with E-state index in [1.807, 2.05) is 19.9 Å². The Labute approximate surface area is 108 Å². The molecule has 6 heteroatoms. The van der Waals surface area contributed by atoms with Crippen molar-refractivity contribution in [2.75, 3.05) is 12.3 Å². The van der Waals surface area contributed by atoms with Crippen LogP contribution in [0, 0.1) is 0 Å². The fraction of sp³-hybridized carbons (Fsp3) is 0.750. The molecule has 0 radical (unpaired) electrons. The second-order valence-electron chi connectivity index (χ2n) is 4.98. The monoisotopic (exact) mass is 272 g/mol. The maximum atomic E-state index is 12.0. The van der Waals surface area contributed by atoms with Crippen LogP contribution in [0.4, 0.5) is 0 Å². The molecule has 1 aromatic heterocycles. The van der Waals surface area contributed by atoms with E-state index in [0.717, 1.165) is 24.3 Å². The highest BCUT2D eigenvalue weighted by Crippen LogP contribution is 2.34. The van der Waals surface area contributed by atoms with Crippen LogP contribution in [0.1, 0.15) is 57.0 Å². The van der Waals surface area contributed by atoms with Gasteiger partial charge in [0.05, 0.1) is 11.8 Å². The molecule has 0 spiro atoms. The smallest absolute Gasteiger partial charge is 0.214 e. The molecule has 0 amide bonds. The van der Waals surface area contributed by atoms with Crippen molar-refractivity contribution in [2.24, 2.45) is 0 Å². The molecule has 2 heterocycles. The van der Waals surface area contributed by atoms with Crippen molar-refractivity contribution in [2.45, 2.75) is 45.6 Å². The van der Waals surface area contributed by atoms with Gasteiger partial charge >= 0.3 is 0 Å². The highest BCUT2D eigenvalue weighted by Gasteiger charge is 2.36. The maximum Gasteiger partial charge on any atom is 0.214 e. The molecule has 0 aliphatic carbocycles. The Morgan fingerprint density at radius 3 is 2.83 bits per heavy atom. The summed E-state index contributed by atoms with van der Waals surface area (Å²) in [5.74, 6) is 1.22. The third kappa shape index (κ3) is 2.44. The van der Waals surface area contributed by atoms with Gasteiger partial charge in [-0.3, -0.25) is 0 Å². The number of nitrogens with zero attached hydrogens (tertiary/aromatic N) is 2. The zero-order valence-electron chi connectivity index (χ0n) is 11.1. The van der Waals surface area contributed by atoms with E-state index in [0.29, 0.717) is 6.54 Å². The van der Waals surface area contributed by atoms with E-state index < -0.39 is 10.0 Å². The third-order valence-electron chi connectivity index (χ3n) is 3.38. The molecule has 0 aromatic carbocycles. The van der Waals surface area contributed by atoms with Crippen molar-refractivity contribution < 1.29 is 12.9 Å². The Hall–Kier alpha value is -0.880. The first-order valence-corrected chi connectivity index (χ1v) is 8.02. The Kier molecular flexibility index (Phi) is 3.77. The van der Waals surface area contributed by atoms with Crippen LogP contribution in [0.25, 0.3) is 0 Å². The average Bonchev–Trinajstić information content (AvgIpc) is 2.97. The lowest BCUT2D eigenvalue weighted by Crippen LogP contribution is -2.32. The Morgan fingerprint density at radius 1 is 1.56 bits per heavy atom. The first-order valence-electron chi connectivity index (χ1n) is 6.41. The average molecular weight is 272 g/mol. The van der Waals surface area contributed by atoms with Crippen LogP contribution in [-0.4, -0.2) is 30.2 Å². The van der Waals surface area contributed by atoms with Crippen LogP contribution < -0.4 is 0 Å². The Morgan fingerprint density at radius 2 is 2.28 bits per heavy atom. The number of hydrogen-bond acceptors (Lipinski definition) is 4. The molecule has 0 bridgehead atoms. The quantitative estimate of drug-likeness (QED) is 0.843. The predicted molar refractivity (Wildman–Crippen MR) is 68.7 cm³/mol. The van der Waals surface area contributed by atoms with Gasteiger partial charge < -0.3 is 4.52 Å². The van der Waals surface area contributed by atoms with Crippen molar-refractivity contribution in [1.82, 2.24) is 9.46 Å². The Bertz CT molecular complexity index is 507. The van der Waals surface area contributed by atoms with Gasteiger partial charge in [0.2, 0.25) is 10.0 Å². The lowest BCUT2D eigenvalue weighted by molar-refractivity contribution is 0.338. The van der Waals surface area contributed by atoms with Crippen molar-refractivity contribution in [1.29, 1.82) is 0 Å². The normalized spacial score (nSPS) is 21.9. The number of aromatic nitrogens is 1. The first kappa shape index (κ1) is 13.5. The van der Waals surface area contributed by atoms with E-state index in [2.05, 4.69) is 5.16 Å². The standard InChI is InChI=1S/C12H20N2O3S/c1-4-18(15,16)14-7-5-6-11(14)10-8-12(9(2)3)17-13-10/h8-9,11H,4-7H2,1-3H3/t11-/m1/s1. The zero-order chi connectivity index (χ0) is 13.3. The molecular weight excluding hydrogens is 252 g/mol. The minimum atomic E-state index is -3.15. The fourth-order valence-corrected chi connectivity index (χ4v) is 3.61. The lowest BCUT2D eigenvalue weighted by Gasteiger charge is -2.21. The minimum Gasteiger partial charge on any atom is -0.361 e. The van der Waals surface area contributed by atoms with E-state index >= 15 is 0 Å². The van der Waals surface area contributed by atoms with Crippen LogP contribution >= 0.6 is 0 Å². The van der Waals surface area contributed by atoms with Gasteiger partial charge in [-0.1, -0.05) is 19.0 Å². The van der Waals surface area contributed by atoms with E-state index in [-0.39, 0.29) is 17.7 Å². The maximum absolute atomic E-state index is 12.0. The summed E-state index contributed by atoms with van der Waals surface area (Å²) in [6.07, 6.45) is 1.71. The van der Waals surface area contributed by atoms with Crippen LogP contribution in [-0.2, 0) is 10.0 Å². The molecule has 1 aromatic rings. The van der Waals surface area contributed by atoms with Gasteiger partial charge in [-0.05, 0) is 19.8 Å². The van der Waals surface area contributed by atoms with Gasteiger partial charge in [0.1, 0.15) is 11.5 Å². The van der Waals surface area contributed by atoms with Gasteiger partial charge in [-0.2, -0.15) is 4.31 Å². The summed E-state index contributed by atoms with van der Waals surface area (Å²) in [5.41, 5.74) is 0.744. The molecule has 0 N–H and O–H groups in total. The molecule has 1 aliphatic heterocycles. The molecule has 1 atom stereocenters. The number of rotatable bonds is 4. The summed E-state index contributed by atoms with van der Waals surface area (Å²) < 4.78 is 30.8. The Balaban J connectivity index is 2.26. The summed E-state index contributed by atoms with van der Waals surface area (Å²) in [5, 5.41) is 4.04.